The van der Waals surface area contributed by atoms with Crippen LogP contribution in [0.5, 0.6) is 5.88 Å². The number of imide groups is 1. The topological polar surface area (TPSA) is 108 Å². The molecule has 4 rings (SSSR count). The second-order valence-corrected chi connectivity index (χ2v) is 10.6. The molecule has 4 heterocycles. The molecule has 9 nitrogen and oxygen atoms in total. The van der Waals surface area contributed by atoms with Crippen molar-refractivity contribution in [2.24, 2.45) is 5.41 Å². The van der Waals surface area contributed by atoms with E-state index >= 15 is 0 Å². The molecule has 33 heavy (non-hydrogen) atoms. The van der Waals surface area contributed by atoms with Crippen LogP contribution in [0.2, 0.25) is 0 Å². The Morgan fingerprint density at radius 1 is 1.18 bits per heavy atom. The van der Waals surface area contributed by atoms with Gasteiger partial charge in [0.05, 0.1) is 0 Å². The molecule has 0 spiro atoms. The van der Waals surface area contributed by atoms with Crippen molar-refractivity contribution in [3.05, 3.63) is 36.3 Å². The number of piperidine rings is 2. The number of rotatable bonds is 6. The van der Waals surface area contributed by atoms with Crippen LogP contribution in [-0.4, -0.2) is 67.5 Å². The van der Waals surface area contributed by atoms with Gasteiger partial charge in [0.25, 0.3) is 0 Å². The molecule has 0 bridgehead atoms. The first-order valence-corrected chi connectivity index (χ1v) is 12.1. The van der Waals surface area contributed by atoms with E-state index in [1.807, 2.05) is 19.9 Å². The summed E-state index contributed by atoms with van der Waals surface area (Å²) in [5.74, 6) is -0.00936. The minimum absolute atomic E-state index is 0.124. The number of ether oxygens (including phenoxy) is 1. The van der Waals surface area contributed by atoms with Crippen LogP contribution in [0.3, 0.4) is 0 Å². The van der Waals surface area contributed by atoms with E-state index in [1.54, 1.807) is 41.3 Å². The molecular weight excluding hydrogens is 442 g/mol. The Hall–Kier alpha value is -2.88. The lowest BCUT2D eigenvalue weighted by molar-refractivity contribution is -0.152. The summed E-state index contributed by atoms with van der Waals surface area (Å²) in [6, 6.07) is 3.46. The van der Waals surface area contributed by atoms with Crippen molar-refractivity contribution in [1.29, 1.82) is 0 Å². The number of amides is 3. The first-order valence-electron chi connectivity index (χ1n) is 11.2. The number of likely N-dealkylation sites (tertiary alicyclic amines) is 2. The van der Waals surface area contributed by atoms with Crippen LogP contribution in [0, 0.1) is 5.41 Å². The largest absolute Gasteiger partial charge is 0.416 e. The molecule has 3 amide bonds. The van der Waals surface area contributed by atoms with Gasteiger partial charge in [-0.05, 0) is 30.2 Å². The Morgan fingerprint density at radius 2 is 1.91 bits per heavy atom. The summed E-state index contributed by atoms with van der Waals surface area (Å²) in [6.45, 7) is 5.46. The van der Waals surface area contributed by atoms with Crippen LogP contribution in [0.4, 0.5) is 4.79 Å². The molecule has 0 saturated carbocycles. The van der Waals surface area contributed by atoms with Gasteiger partial charge in [-0.2, -0.15) is 0 Å². The fourth-order valence-electron chi connectivity index (χ4n) is 4.10. The summed E-state index contributed by atoms with van der Waals surface area (Å²) in [5, 5.41) is 1.32. The lowest BCUT2D eigenvalue weighted by Gasteiger charge is -2.34. The van der Waals surface area contributed by atoms with Crippen LogP contribution >= 0.6 is 11.8 Å². The number of imidazole rings is 1. The summed E-state index contributed by atoms with van der Waals surface area (Å²) in [6.07, 6.45) is 7.79. The summed E-state index contributed by atoms with van der Waals surface area (Å²) < 4.78 is 5.43. The van der Waals surface area contributed by atoms with E-state index in [1.165, 1.54) is 4.90 Å². The van der Waals surface area contributed by atoms with Gasteiger partial charge in [-0.25, -0.2) is 14.8 Å². The minimum atomic E-state index is -0.399. The maximum absolute atomic E-state index is 12.5. The average Bonchev–Trinajstić information content (AvgIpc) is 3.27. The van der Waals surface area contributed by atoms with Crippen LogP contribution < -0.4 is 4.74 Å². The number of hydrogen-bond acceptors (Lipinski definition) is 7. The van der Waals surface area contributed by atoms with Gasteiger partial charge in [-0.15, -0.1) is 0 Å². The molecule has 10 heteroatoms. The zero-order valence-corrected chi connectivity index (χ0v) is 19.8. The number of pyridine rings is 1. The van der Waals surface area contributed by atoms with Gasteiger partial charge in [-0.1, -0.05) is 31.7 Å². The highest BCUT2D eigenvalue weighted by Crippen LogP contribution is 2.31. The molecule has 0 aliphatic carbocycles. The highest BCUT2D eigenvalue weighted by Gasteiger charge is 2.37. The lowest BCUT2D eigenvalue weighted by Crippen LogP contribution is -2.46. The van der Waals surface area contributed by atoms with Gasteiger partial charge >= 0.3 is 6.09 Å². The Kier molecular flexibility index (Phi) is 7.02. The number of aromatic nitrogens is 3. The molecule has 0 radical (unpaired) electrons. The van der Waals surface area contributed by atoms with Gasteiger partial charge < -0.3 is 14.6 Å². The normalized spacial score (nSPS) is 19.1. The molecule has 2 saturated heterocycles. The number of hydrogen-bond donors (Lipinski definition) is 1. The molecule has 1 N–H and O–H groups in total. The molecule has 2 aliphatic rings. The van der Waals surface area contributed by atoms with Crippen molar-refractivity contribution in [3.8, 4) is 5.88 Å². The van der Waals surface area contributed by atoms with E-state index in [9.17, 15) is 14.4 Å². The Balaban J connectivity index is 1.22. The van der Waals surface area contributed by atoms with Gasteiger partial charge in [-0.3, -0.25) is 14.5 Å². The maximum atomic E-state index is 12.5. The van der Waals surface area contributed by atoms with E-state index in [0.717, 1.165) is 23.6 Å². The first kappa shape index (κ1) is 23.3. The number of aromatic amines is 1. The van der Waals surface area contributed by atoms with E-state index in [0.29, 0.717) is 44.1 Å². The molecule has 2 aromatic heterocycles. The Labute approximate surface area is 197 Å². The highest BCUT2D eigenvalue weighted by atomic mass is 32.2. The molecule has 2 aliphatic heterocycles. The summed E-state index contributed by atoms with van der Waals surface area (Å²) >= 11 is 1.70. The van der Waals surface area contributed by atoms with Gasteiger partial charge in [0.1, 0.15) is 0 Å². The SMILES string of the molecule is CC1(C)CC(=O)N(CCc2ccc(OC(=O)N3CCC(Sc4ncc[nH]4)CC3)nc2)C(=O)C1. The van der Waals surface area contributed by atoms with Gasteiger partial charge in [0, 0.05) is 62.4 Å². The fraction of sp³-hybridized carbons (Fsp3) is 0.522. The van der Waals surface area contributed by atoms with Crippen LogP contribution in [-0.2, 0) is 16.0 Å². The average molecular weight is 472 g/mol. The standard InChI is InChI=1S/C23H29N5O4S/c1-23(2)13-19(29)28(20(30)14-23)12-5-16-3-4-18(26-15-16)32-22(31)27-10-6-17(7-11-27)33-21-24-8-9-25-21/h3-4,8-9,15,17H,5-7,10-14H2,1-2H3,(H,24,25). The summed E-state index contributed by atoms with van der Waals surface area (Å²) in [7, 11) is 0. The van der Waals surface area contributed by atoms with Crippen molar-refractivity contribution in [3.63, 3.8) is 0 Å². The van der Waals surface area contributed by atoms with Crippen molar-refractivity contribution < 1.29 is 19.1 Å². The molecular formula is C23H29N5O4S. The third-order valence-electron chi connectivity index (χ3n) is 5.93. The molecule has 2 fully saturated rings. The zero-order valence-electron chi connectivity index (χ0n) is 19.0. The zero-order chi connectivity index (χ0) is 23.4. The number of H-pyrrole nitrogens is 1. The predicted molar refractivity (Wildman–Crippen MR) is 123 cm³/mol. The van der Waals surface area contributed by atoms with Crippen LogP contribution in [0.15, 0.2) is 35.9 Å². The Bertz CT molecular complexity index is 965. The monoisotopic (exact) mass is 471 g/mol. The van der Waals surface area contributed by atoms with Crippen LogP contribution in [0.1, 0.15) is 45.1 Å². The van der Waals surface area contributed by atoms with Crippen molar-refractivity contribution in [2.45, 2.75) is 56.4 Å². The third-order valence-corrected chi connectivity index (χ3v) is 7.18. The van der Waals surface area contributed by atoms with E-state index in [4.69, 9.17) is 4.74 Å². The minimum Gasteiger partial charge on any atom is -0.391 e. The predicted octanol–water partition coefficient (Wildman–Crippen LogP) is 3.28. The summed E-state index contributed by atoms with van der Waals surface area (Å²) in [4.78, 5) is 51.7. The van der Waals surface area contributed by atoms with E-state index in [-0.39, 0.29) is 23.1 Å². The third kappa shape index (κ3) is 6.13. The smallest absolute Gasteiger partial charge is 0.391 e. The van der Waals surface area contributed by atoms with E-state index in [2.05, 4.69) is 15.0 Å². The molecule has 0 atom stereocenters. The molecule has 0 unspecified atom stereocenters. The number of carbonyl (C=O) groups is 3. The van der Waals surface area contributed by atoms with Gasteiger partial charge in [0.15, 0.2) is 5.16 Å². The second kappa shape index (κ2) is 9.94. The first-order chi connectivity index (χ1) is 15.8. The maximum Gasteiger partial charge on any atom is 0.416 e. The van der Waals surface area contributed by atoms with Crippen molar-refractivity contribution in [2.75, 3.05) is 19.6 Å². The number of thioether (sulfide) groups is 1. The summed E-state index contributed by atoms with van der Waals surface area (Å²) in [5.41, 5.74) is 0.599. The highest BCUT2D eigenvalue weighted by molar-refractivity contribution is 7.99. The Morgan fingerprint density at radius 3 is 2.52 bits per heavy atom. The van der Waals surface area contributed by atoms with Crippen LogP contribution in [0.25, 0.3) is 0 Å². The van der Waals surface area contributed by atoms with Crippen molar-refractivity contribution in [1.82, 2.24) is 24.8 Å². The lowest BCUT2D eigenvalue weighted by atomic mass is 9.81. The van der Waals surface area contributed by atoms with Gasteiger partial charge in [0.2, 0.25) is 17.7 Å². The molecule has 2 aromatic rings. The fourth-order valence-corrected chi connectivity index (χ4v) is 5.12. The molecule has 0 aromatic carbocycles. The second-order valence-electron chi connectivity index (χ2n) is 9.28. The van der Waals surface area contributed by atoms with E-state index < -0.39 is 6.09 Å². The van der Waals surface area contributed by atoms with Crippen molar-refractivity contribution >= 4 is 29.7 Å². The molecule has 176 valence electrons. The number of carbonyl (C=O) groups excluding carboxylic acids is 3. The number of nitrogens with one attached hydrogen (secondary N) is 1. The number of nitrogens with zero attached hydrogens (tertiary/aromatic N) is 4. The quantitative estimate of drug-likeness (QED) is 0.644.